The molecule has 0 aliphatic heterocycles. The highest BCUT2D eigenvalue weighted by molar-refractivity contribution is 5.83. The van der Waals surface area contributed by atoms with E-state index in [1.165, 1.54) is 0 Å². The van der Waals surface area contributed by atoms with Gasteiger partial charge in [-0.2, -0.15) is 0 Å². The monoisotopic (exact) mass is 248 g/mol. The van der Waals surface area contributed by atoms with Crippen molar-refractivity contribution in [1.82, 2.24) is 5.32 Å². The second-order valence-corrected chi connectivity index (χ2v) is 5.95. The van der Waals surface area contributed by atoms with Gasteiger partial charge in [0.15, 0.2) is 0 Å². The second-order valence-electron chi connectivity index (χ2n) is 5.95. The average molecular weight is 248 g/mol. The van der Waals surface area contributed by atoms with E-state index in [9.17, 15) is 4.79 Å². The van der Waals surface area contributed by atoms with Crippen LogP contribution in [0.2, 0.25) is 0 Å². The highest BCUT2D eigenvalue weighted by atomic mass is 16.1. The summed E-state index contributed by atoms with van der Waals surface area (Å²) < 4.78 is 0. The Balaban J connectivity index is 2.62. The SMILES string of the molecule is C[C@@H](C(=O)NCC(C)(C)C)c1ccc(CN)cc1. The summed E-state index contributed by atoms with van der Waals surface area (Å²) in [4.78, 5) is 12.0. The van der Waals surface area contributed by atoms with Crippen LogP contribution in [0, 0.1) is 5.41 Å². The summed E-state index contributed by atoms with van der Waals surface area (Å²) in [6.45, 7) is 9.47. The molecule has 1 atom stereocenters. The first kappa shape index (κ1) is 14.7. The van der Waals surface area contributed by atoms with Crippen LogP contribution in [0.15, 0.2) is 24.3 Å². The first-order chi connectivity index (χ1) is 8.33. The molecule has 0 unspecified atom stereocenters. The van der Waals surface area contributed by atoms with Crippen LogP contribution in [0.3, 0.4) is 0 Å². The Kier molecular flexibility index (Phi) is 4.91. The van der Waals surface area contributed by atoms with Gasteiger partial charge in [-0.05, 0) is 23.5 Å². The van der Waals surface area contributed by atoms with E-state index in [-0.39, 0.29) is 17.2 Å². The van der Waals surface area contributed by atoms with E-state index in [1.54, 1.807) is 0 Å². The summed E-state index contributed by atoms with van der Waals surface area (Å²) in [5.74, 6) is -0.0513. The number of carbonyl (C=O) groups excluding carboxylic acids is 1. The summed E-state index contributed by atoms with van der Waals surface area (Å²) in [5.41, 5.74) is 7.77. The van der Waals surface area contributed by atoms with Gasteiger partial charge in [-0.15, -0.1) is 0 Å². The zero-order chi connectivity index (χ0) is 13.8. The zero-order valence-electron chi connectivity index (χ0n) is 11.8. The van der Waals surface area contributed by atoms with Crippen LogP contribution in [0.25, 0.3) is 0 Å². The highest BCUT2D eigenvalue weighted by Gasteiger charge is 2.17. The fourth-order valence-corrected chi connectivity index (χ4v) is 1.60. The third kappa shape index (κ3) is 4.49. The van der Waals surface area contributed by atoms with Crippen LogP contribution in [-0.4, -0.2) is 12.5 Å². The molecule has 100 valence electrons. The zero-order valence-corrected chi connectivity index (χ0v) is 11.8. The van der Waals surface area contributed by atoms with E-state index < -0.39 is 0 Å². The van der Waals surface area contributed by atoms with Gasteiger partial charge < -0.3 is 11.1 Å². The molecular formula is C15H24N2O. The van der Waals surface area contributed by atoms with E-state index >= 15 is 0 Å². The largest absolute Gasteiger partial charge is 0.355 e. The van der Waals surface area contributed by atoms with Gasteiger partial charge in [0.2, 0.25) is 5.91 Å². The molecule has 1 aromatic carbocycles. The molecule has 3 heteroatoms. The van der Waals surface area contributed by atoms with E-state index in [0.717, 1.165) is 11.1 Å². The Hall–Kier alpha value is -1.35. The lowest BCUT2D eigenvalue weighted by molar-refractivity contribution is -0.122. The van der Waals surface area contributed by atoms with Gasteiger partial charge in [0.25, 0.3) is 0 Å². The maximum atomic E-state index is 12.0. The lowest BCUT2D eigenvalue weighted by Gasteiger charge is -2.20. The third-order valence-electron chi connectivity index (χ3n) is 2.90. The van der Waals surface area contributed by atoms with Gasteiger partial charge in [0, 0.05) is 13.1 Å². The Morgan fingerprint density at radius 1 is 1.28 bits per heavy atom. The molecule has 0 aliphatic rings. The molecule has 0 saturated heterocycles. The minimum Gasteiger partial charge on any atom is -0.355 e. The molecule has 3 N–H and O–H groups in total. The highest BCUT2D eigenvalue weighted by Crippen LogP contribution is 2.17. The number of hydrogen-bond acceptors (Lipinski definition) is 2. The van der Waals surface area contributed by atoms with Crippen molar-refractivity contribution >= 4 is 5.91 Å². The lowest BCUT2D eigenvalue weighted by atomic mass is 9.95. The Bertz CT molecular complexity index is 390. The number of nitrogens with two attached hydrogens (primary N) is 1. The van der Waals surface area contributed by atoms with E-state index in [4.69, 9.17) is 5.73 Å². The number of carbonyl (C=O) groups is 1. The van der Waals surface area contributed by atoms with Crippen LogP contribution >= 0.6 is 0 Å². The quantitative estimate of drug-likeness (QED) is 0.859. The first-order valence-corrected chi connectivity index (χ1v) is 6.40. The predicted molar refractivity (Wildman–Crippen MR) is 75.2 cm³/mol. The van der Waals surface area contributed by atoms with Crippen LogP contribution in [-0.2, 0) is 11.3 Å². The molecule has 1 aromatic rings. The molecule has 0 radical (unpaired) electrons. The maximum Gasteiger partial charge on any atom is 0.227 e. The van der Waals surface area contributed by atoms with Crippen molar-refractivity contribution in [3.8, 4) is 0 Å². The summed E-state index contributed by atoms with van der Waals surface area (Å²) in [6, 6.07) is 7.90. The topological polar surface area (TPSA) is 55.1 Å². The maximum absolute atomic E-state index is 12.0. The Morgan fingerprint density at radius 2 is 1.83 bits per heavy atom. The standard InChI is InChI=1S/C15H24N2O/c1-11(14(18)17-10-15(2,3)4)13-7-5-12(9-16)6-8-13/h5-8,11H,9-10,16H2,1-4H3,(H,17,18)/t11-/m1/s1. The molecule has 0 aliphatic carbocycles. The number of hydrogen-bond donors (Lipinski definition) is 2. The molecule has 0 aromatic heterocycles. The molecule has 1 amide bonds. The second kappa shape index (κ2) is 6.01. The summed E-state index contributed by atoms with van der Waals surface area (Å²) in [7, 11) is 0. The minimum absolute atomic E-state index is 0.0745. The smallest absolute Gasteiger partial charge is 0.227 e. The van der Waals surface area contributed by atoms with Gasteiger partial charge in [0.05, 0.1) is 5.92 Å². The van der Waals surface area contributed by atoms with Gasteiger partial charge >= 0.3 is 0 Å². The van der Waals surface area contributed by atoms with Crippen LogP contribution in [0.5, 0.6) is 0 Å². The van der Waals surface area contributed by atoms with E-state index in [1.807, 2.05) is 31.2 Å². The summed E-state index contributed by atoms with van der Waals surface area (Å²) in [5, 5.41) is 2.99. The first-order valence-electron chi connectivity index (χ1n) is 6.40. The van der Waals surface area contributed by atoms with Crippen molar-refractivity contribution in [3.63, 3.8) is 0 Å². The number of rotatable bonds is 4. The van der Waals surface area contributed by atoms with E-state index in [0.29, 0.717) is 13.1 Å². The van der Waals surface area contributed by atoms with Crippen LogP contribution < -0.4 is 11.1 Å². The summed E-state index contributed by atoms with van der Waals surface area (Å²) >= 11 is 0. The number of nitrogens with one attached hydrogen (secondary N) is 1. The van der Waals surface area contributed by atoms with Crippen molar-refractivity contribution in [3.05, 3.63) is 35.4 Å². The fourth-order valence-electron chi connectivity index (χ4n) is 1.60. The van der Waals surface area contributed by atoms with Crippen molar-refractivity contribution in [2.45, 2.75) is 40.2 Å². The fraction of sp³-hybridized carbons (Fsp3) is 0.533. The van der Waals surface area contributed by atoms with Crippen molar-refractivity contribution in [2.75, 3.05) is 6.54 Å². The number of benzene rings is 1. The molecule has 0 heterocycles. The van der Waals surface area contributed by atoms with Gasteiger partial charge in [0.1, 0.15) is 0 Å². The number of amides is 1. The van der Waals surface area contributed by atoms with Crippen molar-refractivity contribution < 1.29 is 4.79 Å². The normalized spacial score (nSPS) is 13.2. The van der Waals surface area contributed by atoms with Gasteiger partial charge in [-0.25, -0.2) is 0 Å². The molecule has 0 saturated carbocycles. The van der Waals surface area contributed by atoms with Gasteiger partial charge in [-0.1, -0.05) is 45.0 Å². The predicted octanol–water partition coefficient (Wildman–Crippen LogP) is 2.41. The van der Waals surface area contributed by atoms with Crippen molar-refractivity contribution in [1.29, 1.82) is 0 Å². The average Bonchev–Trinajstić information content (AvgIpc) is 2.34. The van der Waals surface area contributed by atoms with Gasteiger partial charge in [-0.3, -0.25) is 4.79 Å². The minimum atomic E-state index is -0.126. The molecule has 3 nitrogen and oxygen atoms in total. The molecule has 18 heavy (non-hydrogen) atoms. The van der Waals surface area contributed by atoms with Crippen molar-refractivity contribution in [2.24, 2.45) is 11.1 Å². The van der Waals surface area contributed by atoms with Crippen LogP contribution in [0.1, 0.15) is 44.7 Å². The molecule has 0 spiro atoms. The Morgan fingerprint density at radius 3 is 2.28 bits per heavy atom. The van der Waals surface area contributed by atoms with Crippen LogP contribution in [0.4, 0.5) is 0 Å². The molecular weight excluding hydrogens is 224 g/mol. The molecule has 0 bridgehead atoms. The third-order valence-corrected chi connectivity index (χ3v) is 2.90. The Labute approximate surface area is 110 Å². The molecule has 1 rings (SSSR count). The summed E-state index contributed by atoms with van der Waals surface area (Å²) in [6.07, 6.45) is 0. The molecule has 0 fully saturated rings. The van der Waals surface area contributed by atoms with E-state index in [2.05, 4.69) is 26.1 Å². The lowest BCUT2D eigenvalue weighted by Crippen LogP contribution is -2.34.